The van der Waals surface area contributed by atoms with Gasteiger partial charge in [-0.3, -0.25) is 4.79 Å². The summed E-state index contributed by atoms with van der Waals surface area (Å²) in [5.41, 5.74) is 0. The van der Waals surface area contributed by atoms with Crippen LogP contribution in [-0.4, -0.2) is 11.1 Å². The Kier molecular flexibility index (Phi) is 25.5. The van der Waals surface area contributed by atoms with Crippen LogP contribution in [-0.2, 0) is 4.79 Å². The summed E-state index contributed by atoms with van der Waals surface area (Å²) in [7, 11) is 0. The molecule has 32 valence electrons. The zero-order valence-corrected chi connectivity index (χ0v) is 8.44. The van der Waals surface area contributed by atoms with Gasteiger partial charge in [-0.05, 0) is 0 Å². The average Bonchev–Trinajstić information content (AvgIpc) is 0.811. The Morgan fingerprint density at radius 1 is 1.67 bits per heavy atom. The van der Waals surface area contributed by atoms with Crippen molar-refractivity contribution < 1.29 is 78.3 Å². The zero-order chi connectivity index (χ0) is 3.58. The van der Waals surface area contributed by atoms with Crippen molar-refractivity contribution in [1.82, 2.24) is 0 Å². The molecule has 0 aromatic carbocycles. The molecule has 6 heavy (non-hydrogen) atoms. The van der Waals surface area contributed by atoms with Crippen molar-refractivity contribution in [3.63, 3.8) is 0 Å². The molecule has 0 aromatic heterocycles. The predicted octanol–water partition coefficient (Wildman–Crippen LogP) is -5.90. The van der Waals surface area contributed by atoms with Gasteiger partial charge in [-0.15, -0.1) is 0 Å². The molecule has 0 rings (SSSR count). The summed E-state index contributed by atoms with van der Waals surface area (Å²) in [5.74, 6) is -0.833. The summed E-state index contributed by atoms with van der Waals surface area (Å²) in [6, 6.07) is 0. The molecule has 0 heterocycles. The van der Waals surface area contributed by atoms with E-state index in [2.05, 4.69) is 0 Å². The van der Waals surface area contributed by atoms with Gasteiger partial charge in [0, 0.05) is 6.92 Å². The van der Waals surface area contributed by atoms with E-state index in [0.717, 1.165) is 6.92 Å². The molecule has 0 fully saturated rings. The maximum Gasteiger partial charge on any atom is 1.00 e. The summed E-state index contributed by atoms with van der Waals surface area (Å²) < 4.78 is 0. The number of carbonyl (C=O) groups is 1. The van der Waals surface area contributed by atoms with Crippen molar-refractivity contribution in [3.8, 4) is 0 Å². The van der Waals surface area contributed by atoms with Crippen LogP contribution < -0.4 is 68.4 Å². The summed E-state index contributed by atoms with van der Waals surface area (Å²) in [5, 5.41) is 7.42. The molecule has 0 aliphatic heterocycles. The second-order valence-corrected chi connectivity index (χ2v) is 0.519. The van der Waals surface area contributed by atoms with E-state index >= 15 is 0 Å². The van der Waals surface area contributed by atoms with E-state index in [0.29, 0.717) is 0 Å². The van der Waals surface area contributed by atoms with Gasteiger partial charge in [0.1, 0.15) is 0 Å². The number of hydrogen-bond donors (Lipinski definition) is 1. The number of carboxylic acids is 1. The van der Waals surface area contributed by atoms with Crippen LogP contribution in [0.3, 0.4) is 0 Å². The predicted molar refractivity (Wildman–Crippen MR) is 13.3 cm³/mol. The Labute approximate surface area is 89.5 Å². The molecule has 0 saturated carbocycles. The van der Waals surface area contributed by atoms with Gasteiger partial charge in [0.2, 0.25) is 0 Å². The number of carboxylic acid groups (broad SMARTS) is 1. The molecule has 0 saturated heterocycles. The van der Waals surface area contributed by atoms with E-state index in [-0.39, 0.29) is 68.4 Å². The topological polar surface area (TPSA) is 37.3 Å². The fraction of sp³-hybridized carbons (Fsp3) is 0.500. The van der Waals surface area contributed by atoms with E-state index < -0.39 is 5.97 Å². The third kappa shape index (κ3) is 46.7. The second kappa shape index (κ2) is 9.77. The van der Waals surface area contributed by atoms with Gasteiger partial charge in [-0.25, -0.2) is 0 Å². The molecule has 0 bridgehead atoms. The van der Waals surface area contributed by atoms with Crippen molar-refractivity contribution in [3.05, 3.63) is 0 Å². The zero-order valence-electron chi connectivity index (χ0n) is 3.73. The SMILES string of the molecule is CC(=O)O.[Br-].[K+]. The maximum absolute atomic E-state index is 9.00. The van der Waals surface area contributed by atoms with Crippen molar-refractivity contribution in [2.75, 3.05) is 0 Å². The standard InChI is InChI=1S/C2H4O2.BrH.K/c1-2(3)4;;/h1H3,(H,3,4);1H;/q;;+1/p-1. The summed E-state index contributed by atoms with van der Waals surface area (Å²) in [6.45, 7) is 1.08. The van der Waals surface area contributed by atoms with E-state index in [1.165, 1.54) is 0 Å². The van der Waals surface area contributed by atoms with E-state index in [4.69, 9.17) is 9.90 Å². The Morgan fingerprint density at radius 2 is 1.67 bits per heavy atom. The van der Waals surface area contributed by atoms with Gasteiger partial charge >= 0.3 is 51.4 Å². The smallest absolute Gasteiger partial charge is 1.00 e. The first-order valence-corrected chi connectivity index (χ1v) is 0.928. The van der Waals surface area contributed by atoms with Gasteiger partial charge < -0.3 is 22.1 Å². The second-order valence-electron chi connectivity index (χ2n) is 0.519. The minimum absolute atomic E-state index is 0. The third-order valence-corrected chi connectivity index (χ3v) is 0. The van der Waals surface area contributed by atoms with Crippen molar-refractivity contribution in [2.45, 2.75) is 6.92 Å². The molecule has 0 aliphatic rings. The Morgan fingerprint density at radius 3 is 1.67 bits per heavy atom. The van der Waals surface area contributed by atoms with Crippen molar-refractivity contribution >= 4 is 5.97 Å². The van der Waals surface area contributed by atoms with Crippen LogP contribution >= 0.6 is 0 Å². The quantitative estimate of drug-likeness (QED) is 0.376. The number of halogens is 1. The Bertz CT molecular complexity index is 34.5. The first-order valence-electron chi connectivity index (χ1n) is 0.928. The third-order valence-electron chi connectivity index (χ3n) is 0. The first kappa shape index (κ1) is 15.6. The Balaban J connectivity index is -0.0000000450. The van der Waals surface area contributed by atoms with Gasteiger partial charge in [-0.2, -0.15) is 0 Å². The molecular formula is C2H4BrKO2. The largest absolute Gasteiger partial charge is 1.00 e. The maximum atomic E-state index is 9.00. The summed E-state index contributed by atoms with van der Waals surface area (Å²) >= 11 is 0. The summed E-state index contributed by atoms with van der Waals surface area (Å²) in [6.07, 6.45) is 0. The molecule has 0 spiro atoms. The molecule has 0 aromatic rings. The Hall–Kier alpha value is 1.59. The van der Waals surface area contributed by atoms with E-state index in [1.807, 2.05) is 0 Å². The van der Waals surface area contributed by atoms with Crippen LogP contribution in [0, 0.1) is 0 Å². The van der Waals surface area contributed by atoms with Crippen molar-refractivity contribution in [2.24, 2.45) is 0 Å². The van der Waals surface area contributed by atoms with Gasteiger partial charge in [0.15, 0.2) is 0 Å². The van der Waals surface area contributed by atoms with Gasteiger partial charge in [0.25, 0.3) is 5.97 Å². The van der Waals surface area contributed by atoms with Crippen LogP contribution in [0.25, 0.3) is 0 Å². The van der Waals surface area contributed by atoms with Crippen LogP contribution in [0.5, 0.6) is 0 Å². The minimum Gasteiger partial charge on any atom is -1.00 e. The van der Waals surface area contributed by atoms with Gasteiger partial charge in [0.05, 0.1) is 0 Å². The van der Waals surface area contributed by atoms with Crippen molar-refractivity contribution in [1.29, 1.82) is 0 Å². The minimum atomic E-state index is -0.833. The number of rotatable bonds is 0. The van der Waals surface area contributed by atoms with Crippen LogP contribution in [0.1, 0.15) is 6.92 Å². The monoisotopic (exact) mass is 178 g/mol. The first-order chi connectivity index (χ1) is 1.73. The molecule has 1 N–H and O–H groups in total. The molecule has 0 aliphatic carbocycles. The van der Waals surface area contributed by atoms with Gasteiger partial charge in [-0.1, -0.05) is 0 Å². The molecular weight excluding hydrogens is 175 g/mol. The van der Waals surface area contributed by atoms with Crippen LogP contribution in [0.2, 0.25) is 0 Å². The molecule has 0 atom stereocenters. The molecule has 4 heteroatoms. The molecule has 0 amide bonds. The van der Waals surface area contributed by atoms with E-state index in [1.54, 1.807) is 0 Å². The number of aliphatic carboxylic acids is 1. The fourth-order valence-electron chi connectivity index (χ4n) is 0. The molecule has 0 unspecified atom stereocenters. The van der Waals surface area contributed by atoms with Crippen LogP contribution in [0.15, 0.2) is 0 Å². The van der Waals surface area contributed by atoms with Crippen LogP contribution in [0.4, 0.5) is 0 Å². The van der Waals surface area contributed by atoms with E-state index in [9.17, 15) is 0 Å². The molecule has 2 nitrogen and oxygen atoms in total. The number of hydrogen-bond acceptors (Lipinski definition) is 1. The average molecular weight is 179 g/mol. The normalized spacial score (nSPS) is 4.17. The fourth-order valence-corrected chi connectivity index (χ4v) is 0. The summed E-state index contributed by atoms with van der Waals surface area (Å²) in [4.78, 5) is 9.00. The molecule has 0 radical (unpaired) electrons.